The molecule has 2 rings (SSSR count). The summed E-state index contributed by atoms with van der Waals surface area (Å²) in [4.78, 5) is 11.4. The zero-order valence-electron chi connectivity index (χ0n) is 7.36. The molecule has 5 heteroatoms. The summed E-state index contributed by atoms with van der Waals surface area (Å²) in [5, 5.41) is 7.17. The quantitative estimate of drug-likeness (QED) is 0.569. The molecule has 0 aliphatic rings. The Balaban J connectivity index is 2.68. The van der Waals surface area contributed by atoms with Crippen molar-refractivity contribution in [2.24, 2.45) is 5.73 Å². The number of hydrogen-bond donors (Lipinski definition) is 2. The van der Waals surface area contributed by atoms with Crippen LogP contribution in [0.4, 0.5) is 0 Å². The fourth-order valence-corrected chi connectivity index (χ4v) is 2.22. The molecule has 0 aliphatic carbocycles. The summed E-state index contributed by atoms with van der Waals surface area (Å²) >= 11 is 1.18. The Morgan fingerprint density at radius 3 is 2.93 bits per heavy atom. The molecule has 0 amide bonds. The van der Waals surface area contributed by atoms with Gasteiger partial charge in [0.25, 0.3) is 0 Å². The largest absolute Gasteiger partial charge is 0.386 e. The van der Waals surface area contributed by atoms with Crippen LogP contribution in [-0.2, 0) is 6.54 Å². The van der Waals surface area contributed by atoms with Gasteiger partial charge in [0.05, 0.1) is 16.8 Å². The van der Waals surface area contributed by atoms with E-state index in [-0.39, 0.29) is 17.3 Å². The van der Waals surface area contributed by atoms with Crippen LogP contribution >= 0.6 is 11.3 Å². The lowest BCUT2D eigenvalue weighted by Crippen LogP contribution is -2.23. The monoisotopic (exact) mass is 207 g/mol. The summed E-state index contributed by atoms with van der Waals surface area (Å²) in [7, 11) is 0. The van der Waals surface area contributed by atoms with Gasteiger partial charge in [-0.1, -0.05) is 23.5 Å². The Hall–Kier alpha value is -1.62. The highest BCUT2D eigenvalue weighted by atomic mass is 32.1. The first-order valence-electron chi connectivity index (χ1n) is 4.10. The van der Waals surface area contributed by atoms with Crippen LogP contribution in [0.3, 0.4) is 0 Å². The summed E-state index contributed by atoms with van der Waals surface area (Å²) in [5.74, 6) is -0.00402. The van der Waals surface area contributed by atoms with Gasteiger partial charge in [0.15, 0.2) is 0 Å². The van der Waals surface area contributed by atoms with Crippen molar-refractivity contribution in [1.29, 1.82) is 5.41 Å². The van der Waals surface area contributed by atoms with Crippen molar-refractivity contribution < 1.29 is 0 Å². The molecule has 0 saturated heterocycles. The van der Waals surface area contributed by atoms with Gasteiger partial charge in [-0.2, -0.15) is 0 Å². The van der Waals surface area contributed by atoms with Crippen molar-refractivity contribution in [3.63, 3.8) is 0 Å². The predicted molar refractivity (Wildman–Crippen MR) is 58.0 cm³/mol. The van der Waals surface area contributed by atoms with Crippen molar-refractivity contribution >= 4 is 27.4 Å². The first-order chi connectivity index (χ1) is 6.68. The Labute approximate surface area is 84.1 Å². The van der Waals surface area contributed by atoms with Gasteiger partial charge < -0.3 is 5.73 Å². The van der Waals surface area contributed by atoms with Crippen LogP contribution in [0.2, 0.25) is 0 Å². The lowest BCUT2D eigenvalue weighted by atomic mass is 10.3. The van der Waals surface area contributed by atoms with E-state index in [1.807, 2.05) is 24.3 Å². The van der Waals surface area contributed by atoms with E-state index >= 15 is 0 Å². The van der Waals surface area contributed by atoms with E-state index < -0.39 is 0 Å². The molecule has 0 aliphatic heterocycles. The van der Waals surface area contributed by atoms with E-state index in [0.717, 1.165) is 10.2 Å². The van der Waals surface area contributed by atoms with Crippen molar-refractivity contribution in [3.8, 4) is 0 Å². The average Bonchev–Trinajstić information content (AvgIpc) is 2.43. The number of para-hydroxylation sites is 1. The zero-order valence-corrected chi connectivity index (χ0v) is 8.17. The molecule has 14 heavy (non-hydrogen) atoms. The number of aromatic nitrogens is 1. The third-order valence-corrected chi connectivity index (χ3v) is 2.86. The Morgan fingerprint density at radius 2 is 2.21 bits per heavy atom. The number of rotatable bonds is 2. The SMILES string of the molecule is N=C(N)Cn1c(=O)sc2ccccc21. The number of benzene rings is 1. The van der Waals surface area contributed by atoms with Gasteiger partial charge >= 0.3 is 4.87 Å². The van der Waals surface area contributed by atoms with E-state index in [1.54, 1.807) is 0 Å². The van der Waals surface area contributed by atoms with Crippen LogP contribution in [0.1, 0.15) is 0 Å². The smallest absolute Gasteiger partial charge is 0.308 e. The van der Waals surface area contributed by atoms with Crippen LogP contribution in [0.15, 0.2) is 29.1 Å². The number of nitrogens with two attached hydrogens (primary N) is 1. The van der Waals surface area contributed by atoms with Gasteiger partial charge in [0, 0.05) is 0 Å². The lowest BCUT2D eigenvalue weighted by Gasteiger charge is -2.00. The minimum Gasteiger partial charge on any atom is -0.386 e. The van der Waals surface area contributed by atoms with Crippen LogP contribution in [0.25, 0.3) is 10.2 Å². The molecular weight excluding hydrogens is 198 g/mol. The maximum atomic E-state index is 11.5. The predicted octanol–water partition coefficient (Wildman–Crippen LogP) is 0.999. The van der Waals surface area contributed by atoms with Crippen LogP contribution < -0.4 is 10.6 Å². The molecule has 0 atom stereocenters. The second-order valence-corrected chi connectivity index (χ2v) is 3.94. The number of amidine groups is 1. The minimum atomic E-state index is -0.0681. The van der Waals surface area contributed by atoms with Gasteiger partial charge in [0.2, 0.25) is 0 Å². The third kappa shape index (κ3) is 1.42. The maximum absolute atomic E-state index is 11.5. The van der Waals surface area contributed by atoms with Crippen LogP contribution in [-0.4, -0.2) is 10.4 Å². The fourth-order valence-electron chi connectivity index (χ4n) is 1.33. The highest BCUT2D eigenvalue weighted by molar-refractivity contribution is 7.16. The van der Waals surface area contributed by atoms with Gasteiger partial charge in [-0.05, 0) is 12.1 Å². The number of thiazole rings is 1. The number of hydrogen-bond acceptors (Lipinski definition) is 3. The average molecular weight is 207 g/mol. The Bertz CT molecular complexity index is 540. The van der Waals surface area contributed by atoms with Gasteiger partial charge in [-0.3, -0.25) is 14.8 Å². The second kappa shape index (κ2) is 3.26. The molecule has 1 aromatic heterocycles. The topological polar surface area (TPSA) is 71.9 Å². The molecule has 1 heterocycles. The molecule has 3 N–H and O–H groups in total. The fraction of sp³-hybridized carbons (Fsp3) is 0.111. The van der Waals surface area contributed by atoms with Gasteiger partial charge in [-0.15, -0.1) is 0 Å². The number of nitrogens with one attached hydrogen (secondary N) is 1. The molecule has 72 valence electrons. The van der Waals surface area contributed by atoms with E-state index in [9.17, 15) is 4.79 Å². The molecule has 0 saturated carbocycles. The minimum absolute atomic E-state index is 0.00402. The Morgan fingerprint density at radius 1 is 1.50 bits per heavy atom. The van der Waals surface area contributed by atoms with Gasteiger partial charge in [-0.25, -0.2) is 0 Å². The van der Waals surface area contributed by atoms with E-state index in [0.29, 0.717) is 0 Å². The summed E-state index contributed by atoms with van der Waals surface area (Å²) < 4.78 is 2.45. The third-order valence-electron chi connectivity index (χ3n) is 1.90. The molecular formula is C9H9N3OS. The summed E-state index contributed by atoms with van der Waals surface area (Å²) in [6.45, 7) is 0.169. The van der Waals surface area contributed by atoms with E-state index in [1.165, 1.54) is 15.9 Å². The summed E-state index contributed by atoms with van der Waals surface area (Å²) in [5.41, 5.74) is 6.12. The molecule has 0 radical (unpaired) electrons. The molecule has 0 fully saturated rings. The Kier molecular flexibility index (Phi) is 2.09. The van der Waals surface area contributed by atoms with Crippen LogP contribution in [0, 0.1) is 5.41 Å². The lowest BCUT2D eigenvalue weighted by molar-refractivity contribution is 0.860. The molecule has 2 aromatic rings. The first-order valence-corrected chi connectivity index (χ1v) is 4.91. The molecule has 0 unspecified atom stereocenters. The molecule has 0 spiro atoms. The normalized spacial score (nSPS) is 10.6. The molecule has 4 nitrogen and oxygen atoms in total. The number of fused-ring (bicyclic) bond motifs is 1. The standard InChI is InChI=1S/C9H9N3OS/c10-8(11)5-12-6-3-1-2-4-7(6)14-9(12)13/h1-4H,5H2,(H3,10,11). The van der Waals surface area contributed by atoms with E-state index in [2.05, 4.69) is 0 Å². The summed E-state index contributed by atoms with van der Waals surface area (Å²) in [6, 6.07) is 7.50. The summed E-state index contributed by atoms with van der Waals surface area (Å²) in [6.07, 6.45) is 0. The maximum Gasteiger partial charge on any atom is 0.308 e. The highest BCUT2D eigenvalue weighted by Crippen LogP contribution is 2.15. The van der Waals surface area contributed by atoms with Crippen molar-refractivity contribution in [1.82, 2.24) is 4.57 Å². The van der Waals surface area contributed by atoms with Crippen LogP contribution in [0.5, 0.6) is 0 Å². The van der Waals surface area contributed by atoms with E-state index in [4.69, 9.17) is 11.1 Å². The van der Waals surface area contributed by atoms with Crippen molar-refractivity contribution in [2.75, 3.05) is 0 Å². The number of nitrogens with zero attached hydrogens (tertiary/aromatic N) is 1. The highest BCUT2D eigenvalue weighted by Gasteiger charge is 2.06. The molecule has 0 bridgehead atoms. The van der Waals surface area contributed by atoms with Gasteiger partial charge in [0.1, 0.15) is 5.84 Å². The molecule has 1 aromatic carbocycles. The second-order valence-electron chi connectivity index (χ2n) is 2.95. The zero-order chi connectivity index (χ0) is 10.1. The first kappa shape index (κ1) is 8.96. The van der Waals surface area contributed by atoms with Crippen molar-refractivity contribution in [3.05, 3.63) is 33.9 Å². The van der Waals surface area contributed by atoms with Crippen molar-refractivity contribution in [2.45, 2.75) is 6.54 Å².